The second-order valence-electron chi connectivity index (χ2n) is 8.73. The van der Waals surface area contributed by atoms with Gasteiger partial charge in [-0.2, -0.15) is 0 Å². The summed E-state index contributed by atoms with van der Waals surface area (Å²) in [5.74, 6) is 0.467. The van der Waals surface area contributed by atoms with E-state index in [1.807, 2.05) is 31.3 Å². The van der Waals surface area contributed by atoms with Crippen LogP contribution in [0.4, 0.5) is 5.82 Å². The van der Waals surface area contributed by atoms with Crippen molar-refractivity contribution in [2.24, 2.45) is 0 Å². The third-order valence-corrected chi connectivity index (χ3v) is 8.51. The quantitative estimate of drug-likeness (QED) is 0.324. The lowest BCUT2D eigenvalue weighted by Crippen LogP contribution is -2.48. The van der Waals surface area contributed by atoms with Crippen LogP contribution in [-0.4, -0.2) is 74.5 Å². The second-order valence-corrected chi connectivity index (χ2v) is 10.9. The summed E-state index contributed by atoms with van der Waals surface area (Å²) in [7, 11) is 26.1. The Morgan fingerprint density at radius 1 is 0.974 bits per heavy atom. The summed E-state index contributed by atoms with van der Waals surface area (Å²) in [4.78, 5) is 8.63. The number of anilines is 1. The number of rotatable bonds is 9. The highest BCUT2D eigenvalue weighted by molar-refractivity contribution is 7.94. The largest absolute Gasteiger partial charge is 0.382 e. The van der Waals surface area contributed by atoms with Crippen LogP contribution in [0.3, 0.4) is 0 Å². The molecule has 0 aliphatic heterocycles. The van der Waals surface area contributed by atoms with Crippen LogP contribution in [-0.2, 0) is 16.4 Å². The summed E-state index contributed by atoms with van der Waals surface area (Å²) in [6, 6.07) is 15.3. The maximum Gasteiger partial charge on any atom is 0.189 e. The Labute approximate surface area is 228 Å². The van der Waals surface area contributed by atoms with Crippen LogP contribution in [0.5, 0.6) is 0 Å². The predicted molar refractivity (Wildman–Crippen MR) is 152 cm³/mol. The molecular formula is C24H20B5N5O3S. The minimum Gasteiger partial charge on any atom is -0.382 e. The number of aromatic nitrogens is 3. The van der Waals surface area contributed by atoms with Gasteiger partial charge in [0, 0.05) is 28.4 Å². The molecule has 38 heavy (non-hydrogen) atoms. The zero-order valence-corrected chi connectivity index (χ0v) is 21.4. The van der Waals surface area contributed by atoms with Gasteiger partial charge in [-0.3, -0.25) is 0 Å². The van der Waals surface area contributed by atoms with E-state index in [4.69, 9.17) is 49.5 Å². The van der Waals surface area contributed by atoms with E-state index in [-0.39, 0.29) is 16.4 Å². The third-order valence-electron chi connectivity index (χ3n) is 6.14. The summed E-state index contributed by atoms with van der Waals surface area (Å²) >= 11 is 0. The van der Waals surface area contributed by atoms with Gasteiger partial charge in [-0.15, -0.1) is 0 Å². The molecule has 10 radical (unpaired) electrons. The first-order valence-corrected chi connectivity index (χ1v) is 13.0. The van der Waals surface area contributed by atoms with Crippen LogP contribution >= 0.6 is 0 Å². The molecule has 0 saturated heterocycles. The van der Waals surface area contributed by atoms with Gasteiger partial charge < -0.3 is 15.6 Å². The number of hydrogen-bond acceptors (Lipinski definition) is 8. The van der Waals surface area contributed by atoms with E-state index < -0.39 is 25.9 Å². The van der Waals surface area contributed by atoms with E-state index in [1.165, 1.54) is 30.5 Å². The van der Waals surface area contributed by atoms with Gasteiger partial charge in [0.25, 0.3) is 0 Å². The van der Waals surface area contributed by atoms with Gasteiger partial charge in [0.05, 0.1) is 56.0 Å². The zero-order valence-electron chi connectivity index (χ0n) is 20.6. The monoisotopic (exact) mass is 513 g/mol. The van der Waals surface area contributed by atoms with Gasteiger partial charge in [-0.25, -0.2) is 18.4 Å². The normalized spacial score (nSPS) is 12.3. The molecule has 4 rings (SSSR count). The average molecular weight is 513 g/mol. The first-order chi connectivity index (χ1) is 18.0. The van der Waals surface area contributed by atoms with Gasteiger partial charge in [0.1, 0.15) is 5.69 Å². The number of nitrogens with one attached hydrogen (secondary N) is 1. The highest BCUT2D eigenvalue weighted by atomic mass is 32.2. The molecule has 14 heteroatoms. The van der Waals surface area contributed by atoms with Crippen LogP contribution in [0.15, 0.2) is 70.2 Å². The standard InChI is InChI=1S/C24H20B5N5O3S/c1-31-11-13-2-4-14(5-3-13)17-10-19(37-34-17)20-21(30)32-12-18(33-20)15-6-8-16(9-7-15)38(35,36)24(29,22(25)26)23(27)28/h2-10,12,22-23,31H,11H2,1H3,(H2,30,32). The van der Waals surface area contributed by atoms with Gasteiger partial charge in [-0.1, -0.05) is 53.0 Å². The van der Waals surface area contributed by atoms with Crippen LogP contribution in [0.25, 0.3) is 34.0 Å². The summed E-state index contributed by atoms with van der Waals surface area (Å²) in [6.45, 7) is 0.754. The first kappa shape index (κ1) is 27.8. The molecule has 0 aliphatic carbocycles. The van der Waals surface area contributed by atoms with Crippen LogP contribution < -0.4 is 11.1 Å². The van der Waals surface area contributed by atoms with Gasteiger partial charge >= 0.3 is 0 Å². The Morgan fingerprint density at radius 2 is 1.55 bits per heavy atom. The van der Waals surface area contributed by atoms with E-state index in [2.05, 4.69) is 20.4 Å². The lowest BCUT2D eigenvalue weighted by atomic mass is 9.44. The van der Waals surface area contributed by atoms with Crippen LogP contribution in [0.1, 0.15) is 5.56 Å². The Balaban J connectivity index is 1.64. The van der Waals surface area contributed by atoms with Crippen LogP contribution in [0.2, 0.25) is 11.4 Å². The molecule has 0 spiro atoms. The molecule has 2 aromatic carbocycles. The number of benzene rings is 2. The number of hydrogen-bond donors (Lipinski definition) is 2. The molecule has 4 aromatic rings. The number of nitrogens with two attached hydrogens (primary N) is 1. The van der Waals surface area contributed by atoms with Crippen molar-refractivity contribution in [2.45, 2.75) is 27.5 Å². The highest BCUT2D eigenvalue weighted by Gasteiger charge is 2.43. The molecule has 0 saturated carbocycles. The minimum absolute atomic E-state index is 0.141. The molecule has 0 amide bonds. The van der Waals surface area contributed by atoms with E-state index >= 15 is 0 Å². The Morgan fingerprint density at radius 3 is 2.13 bits per heavy atom. The summed E-state index contributed by atoms with van der Waals surface area (Å²) in [5, 5.41) is 7.24. The van der Waals surface area contributed by atoms with E-state index in [1.54, 1.807) is 6.07 Å². The van der Waals surface area contributed by atoms with Crippen molar-refractivity contribution in [3.8, 4) is 34.0 Å². The van der Waals surface area contributed by atoms with Crippen molar-refractivity contribution < 1.29 is 12.9 Å². The summed E-state index contributed by atoms with van der Waals surface area (Å²) in [6.07, 6.45) is 1.46. The van der Waals surface area contributed by atoms with Gasteiger partial charge in [0.2, 0.25) is 0 Å². The van der Waals surface area contributed by atoms with E-state index in [0.717, 1.165) is 17.7 Å². The fourth-order valence-corrected chi connectivity index (χ4v) is 5.45. The topological polar surface area (TPSA) is 124 Å². The lowest BCUT2D eigenvalue weighted by molar-refractivity contribution is 0.434. The van der Waals surface area contributed by atoms with Crippen molar-refractivity contribution >= 4 is 54.9 Å². The van der Waals surface area contributed by atoms with Crippen molar-refractivity contribution in [3.05, 3.63) is 66.4 Å². The first-order valence-electron chi connectivity index (χ1n) is 11.5. The fraction of sp³-hybridized carbons (Fsp3) is 0.208. The molecule has 8 nitrogen and oxygen atoms in total. The smallest absolute Gasteiger partial charge is 0.189 e. The van der Waals surface area contributed by atoms with Crippen molar-refractivity contribution in [2.75, 3.05) is 12.8 Å². The molecule has 0 bridgehead atoms. The number of nitrogens with zero attached hydrogens (tertiary/aromatic N) is 3. The van der Waals surface area contributed by atoms with E-state index in [0.29, 0.717) is 22.7 Å². The zero-order chi connectivity index (χ0) is 27.7. The lowest BCUT2D eigenvalue weighted by Gasteiger charge is -2.39. The summed E-state index contributed by atoms with van der Waals surface area (Å²) < 4.78 is 29.5. The van der Waals surface area contributed by atoms with E-state index in [9.17, 15) is 8.42 Å². The van der Waals surface area contributed by atoms with Crippen LogP contribution in [0, 0.1) is 0 Å². The van der Waals surface area contributed by atoms with Gasteiger partial charge in [-0.05, 0) is 24.7 Å². The molecule has 0 atom stereocenters. The molecular weight excluding hydrogens is 492 g/mol. The fourth-order valence-electron chi connectivity index (χ4n) is 3.83. The predicted octanol–water partition coefficient (Wildman–Crippen LogP) is 1.57. The number of sulfone groups is 1. The minimum atomic E-state index is -4.29. The average Bonchev–Trinajstić information content (AvgIpc) is 3.39. The van der Waals surface area contributed by atoms with Crippen molar-refractivity contribution in [1.82, 2.24) is 20.4 Å². The number of nitrogen functional groups attached to an aromatic ring is 1. The molecule has 0 fully saturated rings. The maximum atomic E-state index is 13.1. The molecule has 0 aliphatic rings. The molecule has 0 unspecified atom stereocenters. The molecule has 3 N–H and O–H groups in total. The second kappa shape index (κ2) is 10.9. The van der Waals surface area contributed by atoms with Crippen molar-refractivity contribution in [1.29, 1.82) is 0 Å². The summed E-state index contributed by atoms with van der Waals surface area (Å²) in [5.41, 5.74) is 6.90. The maximum absolute atomic E-state index is 13.1. The highest BCUT2D eigenvalue weighted by Crippen LogP contribution is 2.38. The Hall–Kier alpha value is -3.24. The van der Waals surface area contributed by atoms with Crippen molar-refractivity contribution in [3.63, 3.8) is 0 Å². The Kier molecular flexibility index (Phi) is 7.94. The SMILES string of the molecule is [B]C([B])C([B])(C([B])[B])S(=O)(=O)c1ccc(-c2cnc(N)c(-c3cc(-c4ccc(CNC)cc4)no3)n2)cc1. The molecule has 180 valence electrons. The Bertz CT molecular complexity index is 1520. The molecule has 2 aromatic heterocycles. The third kappa shape index (κ3) is 5.07. The molecule has 2 heterocycles. The van der Waals surface area contributed by atoms with Gasteiger partial charge in [0.15, 0.2) is 27.1 Å².